The molecule has 1 aliphatic carbocycles. The van der Waals surface area contributed by atoms with Gasteiger partial charge in [0.05, 0.1) is 15.6 Å². The molecule has 0 saturated heterocycles. The van der Waals surface area contributed by atoms with Crippen LogP contribution in [0.15, 0.2) is 87.1 Å². The molecular formula is C28H25FN4O2S3. The SMILES string of the molecule is O=C(Nc1nc(CSc2ccccc2)c(Sc2ccccn2)s1)Nc1ccc(F)cc1C(=O)C1CCCC1. The van der Waals surface area contributed by atoms with Crippen LogP contribution in [0.2, 0.25) is 0 Å². The number of nitrogens with one attached hydrogen (secondary N) is 2. The van der Waals surface area contributed by atoms with E-state index in [4.69, 9.17) is 0 Å². The summed E-state index contributed by atoms with van der Waals surface area (Å²) in [7, 11) is 0. The van der Waals surface area contributed by atoms with E-state index < -0.39 is 11.8 Å². The molecular weight excluding hydrogens is 540 g/mol. The number of carbonyl (C=O) groups is 2. The number of Topliss-reactive ketones (excluding diaryl/α,β-unsaturated/α-hetero) is 1. The number of carbonyl (C=O) groups excluding carboxylic acids is 2. The van der Waals surface area contributed by atoms with Gasteiger partial charge >= 0.3 is 6.03 Å². The second kappa shape index (κ2) is 12.6. The number of hydrogen-bond donors (Lipinski definition) is 2. The first-order valence-electron chi connectivity index (χ1n) is 12.2. The second-order valence-corrected chi connectivity index (χ2v) is 12.1. The molecule has 0 aliphatic heterocycles. The van der Waals surface area contributed by atoms with Crippen molar-refractivity contribution in [3.8, 4) is 0 Å². The summed E-state index contributed by atoms with van der Waals surface area (Å²) in [6.07, 6.45) is 5.30. The maximum atomic E-state index is 14.0. The van der Waals surface area contributed by atoms with Gasteiger partial charge in [0.2, 0.25) is 0 Å². The van der Waals surface area contributed by atoms with Gasteiger partial charge in [0.1, 0.15) is 10.8 Å². The van der Waals surface area contributed by atoms with Gasteiger partial charge in [-0.25, -0.2) is 19.2 Å². The van der Waals surface area contributed by atoms with Crippen LogP contribution in [-0.4, -0.2) is 21.8 Å². The molecule has 38 heavy (non-hydrogen) atoms. The van der Waals surface area contributed by atoms with Gasteiger partial charge in [0.25, 0.3) is 0 Å². The minimum atomic E-state index is -0.539. The number of aromatic nitrogens is 2. The van der Waals surface area contributed by atoms with Crippen LogP contribution in [0.3, 0.4) is 0 Å². The molecule has 0 unspecified atom stereocenters. The minimum Gasteiger partial charge on any atom is -0.307 e. The van der Waals surface area contributed by atoms with Crippen LogP contribution < -0.4 is 10.6 Å². The Bertz CT molecular complexity index is 1410. The third-order valence-corrected chi connectivity index (χ3v) is 9.26. The van der Waals surface area contributed by atoms with Crippen molar-refractivity contribution in [2.24, 2.45) is 5.92 Å². The first-order valence-corrected chi connectivity index (χ1v) is 14.9. The van der Waals surface area contributed by atoms with E-state index in [1.807, 2.05) is 48.5 Å². The highest BCUT2D eigenvalue weighted by molar-refractivity contribution is 8.01. The lowest BCUT2D eigenvalue weighted by molar-refractivity contribution is 0.0923. The number of amides is 2. The molecule has 1 saturated carbocycles. The number of halogens is 1. The molecule has 2 amide bonds. The molecule has 4 aromatic rings. The number of thiazole rings is 1. The third-order valence-electron chi connectivity index (χ3n) is 6.06. The molecule has 5 rings (SSSR count). The third kappa shape index (κ3) is 6.80. The number of urea groups is 1. The van der Waals surface area contributed by atoms with E-state index in [0.29, 0.717) is 16.6 Å². The van der Waals surface area contributed by atoms with E-state index >= 15 is 0 Å². The Balaban J connectivity index is 1.32. The number of hydrogen-bond acceptors (Lipinski definition) is 7. The van der Waals surface area contributed by atoms with Crippen molar-refractivity contribution in [2.75, 3.05) is 10.6 Å². The van der Waals surface area contributed by atoms with Crippen LogP contribution in [0.25, 0.3) is 0 Å². The maximum Gasteiger partial charge on any atom is 0.325 e. The zero-order valence-corrected chi connectivity index (χ0v) is 22.8. The molecule has 6 nitrogen and oxygen atoms in total. The standard InChI is InChI=1S/C28H25FN4O2S3/c29-19-13-14-22(21(16-19)25(34)18-8-4-5-9-18)31-27(35)33-28-32-23(17-36-20-10-2-1-3-11-20)26(38-28)37-24-12-6-7-15-30-24/h1-3,6-7,10-16,18H,4-5,8-9,17H2,(H2,31,32,33,35). The Morgan fingerprint density at radius 1 is 1.00 bits per heavy atom. The number of nitrogens with zero attached hydrogens (tertiary/aromatic N) is 2. The molecule has 0 bridgehead atoms. The quantitative estimate of drug-likeness (QED) is 0.158. The first kappa shape index (κ1) is 26.4. The summed E-state index contributed by atoms with van der Waals surface area (Å²) >= 11 is 4.52. The predicted molar refractivity (Wildman–Crippen MR) is 152 cm³/mol. The van der Waals surface area contributed by atoms with Crippen molar-refractivity contribution in [1.82, 2.24) is 9.97 Å². The van der Waals surface area contributed by atoms with Gasteiger partial charge in [0, 0.05) is 28.3 Å². The number of benzene rings is 2. The number of anilines is 2. The van der Waals surface area contributed by atoms with Gasteiger partial charge in [-0.05, 0) is 55.3 Å². The predicted octanol–water partition coefficient (Wildman–Crippen LogP) is 8.14. The minimum absolute atomic E-state index is 0.124. The van der Waals surface area contributed by atoms with Crippen molar-refractivity contribution in [1.29, 1.82) is 0 Å². The van der Waals surface area contributed by atoms with E-state index in [1.54, 1.807) is 18.0 Å². The first-order chi connectivity index (χ1) is 18.5. The van der Waals surface area contributed by atoms with Crippen LogP contribution in [0.1, 0.15) is 41.7 Å². The highest BCUT2D eigenvalue weighted by Gasteiger charge is 2.26. The van der Waals surface area contributed by atoms with Gasteiger partial charge in [0.15, 0.2) is 10.9 Å². The largest absolute Gasteiger partial charge is 0.325 e. The second-order valence-electron chi connectivity index (χ2n) is 8.74. The number of pyridine rings is 1. The Morgan fingerprint density at radius 3 is 2.55 bits per heavy atom. The molecule has 0 atom stereocenters. The van der Waals surface area contributed by atoms with Crippen molar-refractivity contribution >= 4 is 57.5 Å². The summed E-state index contributed by atoms with van der Waals surface area (Å²) in [5, 5.41) is 6.79. The van der Waals surface area contributed by atoms with Crippen LogP contribution in [0, 0.1) is 11.7 Å². The summed E-state index contributed by atoms with van der Waals surface area (Å²) in [6.45, 7) is 0. The van der Waals surface area contributed by atoms with Crippen molar-refractivity contribution in [3.05, 3.63) is 90.0 Å². The molecule has 1 fully saturated rings. The van der Waals surface area contributed by atoms with Crippen molar-refractivity contribution < 1.29 is 14.0 Å². The molecule has 0 radical (unpaired) electrons. The van der Waals surface area contributed by atoms with Crippen molar-refractivity contribution in [2.45, 2.75) is 45.6 Å². The Morgan fingerprint density at radius 2 is 1.79 bits per heavy atom. The number of thioether (sulfide) groups is 1. The highest BCUT2D eigenvalue weighted by atomic mass is 32.2. The Kier molecular flexibility index (Phi) is 8.72. The Hall–Kier alpha value is -3.21. The van der Waals surface area contributed by atoms with Gasteiger partial charge in [-0.2, -0.15) is 0 Å². The molecule has 10 heteroatoms. The van der Waals surface area contributed by atoms with E-state index in [0.717, 1.165) is 45.5 Å². The molecule has 0 spiro atoms. The normalized spacial score (nSPS) is 13.4. The molecule has 2 heterocycles. The average Bonchev–Trinajstić information content (AvgIpc) is 3.60. The fraction of sp³-hybridized carbons (Fsp3) is 0.214. The molecule has 2 aromatic heterocycles. The summed E-state index contributed by atoms with van der Waals surface area (Å²) < 4.78 is 14.9. The van der Waals surface area contributed by atoms with E-state index in [9.17, 15) is 14.0 Å². The van der Waals surface area contributed by atoms with Crippen molar-refractivity contribution in [3.63, 3.8) is 0 Å². The topological polar surface area (TPSA) is 84.0 Å². The molecule has 2 N–H and O–H groups in total. The van der Waals surface area contributed by atoms with Gasteiger partial charge < -0.3 is 5.32 Å². The summed E-state index contributed by atoms with van der Waals surface area (Å²) in [5.74, 6) is -0.137. The lowest BCUT2D eigenvalue weighted by Crippen LogP contribution is -2.22. The van der Waals surface area contributed by atoms with Crippen LogP contribution in [0.4, 0.5) is 20.0 Å². The lowest BCUT2D eigenvalue weighted by atomic mass is 9.95. The monoisotopic (exact) mass is 564 g/mol. The molecule has 194 valence electrons. The molecule has 2 aromatic carbocycles. The van der Waals surface area contributed by atoms with Gasteiger partial charge in [-0.1, -0.05) is 60.2 Å². The number of rotatable bonds is 9. The highest BCUT2D eigenvalue weighted by Crippen LogP contribution is 2.39. The van der Waals surface area contributed by atoms with E-state index in [1.165, 1.54) is 41.3 Å². The fourth-order valence-corrected chi connectivity index (χ4v) is 7.32. The zero-order valence-electron chi connectivity index (χ0n) is 20.4. The number of ketones is 1. The lowest BCUT2D eigenvalue weighted by Gasteiger charge is -2.14. The van der Waals surface area contributed by atoms with Crippen LogP contribution in [0.5, 0.6) is 0 Å². The Labute approximate surface area is 232 Å². The summed E-state index contributed by atoms with van der Waals surface area (Å²) in [5.41, 5.74) is 1.34. The molecule has 1 aliphatic rings. The smallest absolute Gasteiger partial charge is 0.307 e. The fourth-order valence-electron chi connectivity index (χ4n) is 4.22. The zero-order chi connectivity index (χ0) is 26.3. The van der Waals surface area contributed by atoms with Gasteiger partial charge in [-0.3, -0.25) is 10.1 Å². The summed E-state index contributed by atoms with van der Waals surface area (Å²) in [4.78, 5) is 36.2. The van der Waals surface area contributed by atoms with Crippen LogP contribution in [-0.2, 0) is 5.75 Å². The summed E-state index contributed by atoms with van der Waals surface area (Å²) in [6, 6.07) is 19.1. The van der Waals surface area contributed by atoms with E-state index in [2.05, 4.69) is 20.6 Å². The van der Waals surface area contributed by atoms with E-state index in [-0.39, 0.29) is 17.3 Å². The van der Waals surface area contributed by atoms with Crippen LogP contribution >= 0.6 is 34.9 Å². The van der Waals surface area contributed by atoms with Gasteiger partial charge in [-0.15, -0.1) is 11.8 Å². The average molecular weight is 565 g/mol. The maximum absolute atomic E-state index is 14.0.